The van der Waals surface area contributed by atoms with Gasteiger partial charge in [-0.2, -0.15) is 0 Å². The summed E-state index contributed by atoms with van der Waals surface area (Å²) in [6.07, 6.45) is 5.80. The number of carbonyl (C=O) groups is 3. The third-order valence-corrected chi connectivity index (χ3v) is 6.42. The Morgan fingerprint density at radius 1 is 1.16 bits per heavy atom. The third-order valence-electron chi connectivity index (χ3n) is 6.42. The lowest BCUT2D eigenvalue weighted by molar-refractivity contribution is -0.151. The van der Waals surface area contributed by atoms with Crippen LogP contribution in [-0.4, -0.2) is 60.8 Å². The minimum atomic E-state index is -0.495. The molecule has 0 bridgehead atoms. The van der Waals surface area contributed by atoms with Crippen molar-refractivity contribution in [3.8, 4) is 0 Å². The number of amides is 2. The zero-order valence-electron chi connectivity index (χ0n) is 18.6. The van der Waals surface area contributed by atoms with E-state index in [1.807, 2.05) is 12.1 Å². The standard InChI is InChI=1S/C23H33N5O4/c1-32-19(29)14-26-20(16-5-3-2-4-6-16)23(31)28-12-11-18(28)22(30)27-13-15-7-9-17(10-8-15)21(24)25/h7-10,16,18,20,26H,2-6,11-14H2,1H3,(H3,24,25)(H,27,30)/t18-,20+/m0/s1. The minimum absolute atomic E-state index is 0.00228. The van der Waals surface area contributed by atoms with Crippen molar-refractivity contribution in [2.45, 2.75) is 57.2 Å². The number of nitrogen functional groups attached to an aromatic ring is 1. The first kappa shape index (κ1) is 23.7. The second-order valence-electron chi connectivity index (χ2n) is 8.50. The molecule has 1 aliphatic heterocycles. The molecule has 9 heteroatoms. The van der Waals surface area contributed by atoms with Gasteiger partial charge in [0.05, 0.1) is 19.7 Å². The number of methoxy groups -OCH3 is 1. The van der Waals surface area contributed by atoms with Crippen LogP contribution >= 0.6 is 0 Å². The van der Waals surface area contributed by atoms with E-state index in [2.05, 4.69) is 10.6 Å². The van der Waals surface area contributed by atoms with Crippen LogP contribution in [-0.2, 0) is 25.7 Å². The number of nitrogens with zero attached hydrogens (tertiary/aromatic N) is 1. The summed E-state index contributed by atoms with van der Waals surface area (Å²) in [5, 5.41) is 13.4. The van der Waals surface area contributed by atoms with Crippen LogP contribution in [0.5, 0.6) is 0 Å². The molecule has 2 atom stereocenters. The van der Waals surface area contributed by atoms with E-state index in [4.69, 9.17) is 15.9 Å². The molecule has 2 aliphatic rings. The van der Waals surface area contributed by atoms with Crippen molar-refractivity contribution >= 4 is 23.6 Å². The number of amidine groups is 1. The molecule has 9 nitrogen and oxygen atoms in total. The predicted octanol–water partition coefficient (Wildman–Crippen LogP) is 0.899. The van der Waals surface area contributed by atoms with Crippen molar-refractivity contribution in [3.05, 3.63) is 35.4 Å². The fraction of sp³-hybridized carbons (Fsp3) is 0.565. The summed E-state index contributed by atoms with van der Waals surface area (Å²) in [4.78, 5) is 39.3. The summed E-state index contributed by atoms with van der Waals surface area (Å²) in [6.45, 7) is 0.847. The maximum atomic E-state index is 13.3. The van der Waals surface area contributed by atoms with E-state index in [0.29, 0.717) is 25.1 Å². The van der Waals surface area contributed by atoms with E-state index in [-0.39, 0.29) is 30.1 Å². The molecule has 0 spiro atoms. The number of esters is 1. The number of rotatable bonds is 9. The molecule has 5 N–H and O–H groups in total. The van der Waals surface area contributed by atoms with Crippen LogP contribution in [0.15, 0.2) is 24.3 Å². The highest BCUT2D eigenvalue weighted by Gasteiger charge is 2.42. The highest BCUT2D eigenvalue weighted by molar-refractivity contribution is 5.95. The van der Waals surface area contributed by atoms with Gasteiger partial charge in [-0.05, 0) is 30.7 Å². The number of nitrogens with two attached hydrogens (primary N) is 1. The van der Waals surface area contributed by atoms with E-state index in [0.717, 1.165) is 37.7 Å². The SMILES string of the molecule is COC(=O)CN[C@@H](C(=O)N1CC[C@H]1C(=O)NCc1ccc(C(=N)N)cc1)C1CCCCC1. The van der Waals surface area contributed by atoms with E-state index in [1.54, 1.807) is 17.0 Å². The number of carbonyl (C=O) groups excluding carboxylic acids is 3. The molecule has 2 fully saturated rings. The van der Waals surface area contributed by atoms with E-state index in [9.17, 15) is 14.4 Å². The smallest absolute Gasteiger partial charge is 0.319 e. The molecular weight excluding hydrogens is 410 g/mol. The number of benzene rings is 1. The van der Waals surface area contributed by atoms with Gasteiger partial charge in [0.1, 0.15) is 11.9 Å². The van der Waals surface area contributed by atoms with Gasteiger partial charge < -0.3 is 20.7 Å². The summed E-state index contributed by atoms with van der Waals surface area (Å²) >= 11 is 0. The molecule has 0 radical (unpaired) electrons. The molecule has 174 valence electrons. The molecule has 1 heterocycles. The lowest BCUT2D eigenvalue weighted by Crippen LogP contribution is -2.63. The molecule has 2 amide bonds. The Morgan fingerprint density at radius 3 is 2.41 bits per heavy atom. The van der Waals surface area contributed by atoms with Crippen molar-refractivity contribution in [3.63, 3.8) is 0 Å². The predicted molar refractivity (Wildman–Crippen MR) is 120 cm³/mol. The molecule has 1 aromatic rings. The highest BCUT2D eigenvalue weighted by atomic mass is 16.5. The van der Waals surface area contributed by atoms with Crippen LogP contribution in [0.3, 0.4) is 0 Å². The number of hydrogen-bond acceptors (Lipinski definition) is 6. The highest BCUT2D eigenvalue weighted by Crippen LogP contribution is 2.29. The molecule has 1 saturated carbocycles. The minimum Gasteiger partial charge on any atom is -0.468 e. The molecule has 0 aromatic heterocycles. The normalized spacial score (nSPS) is 19.5. The zero-order chi connectivity index (χ0) is 23.1. The molecule has 1 aromatic carbocycles. The quantitative estimate of drug-likeness (QED) is 0.254. The third kappa shape index (κ3) is 5.85. The second-order valence-corrected chi connectivity index (χ2v) is 8.50. The van der Waals surface area contributed by atoms with Gasteiger partial charge in [0, 0.05) is 18.7 Å². The van der Waals surface area contributed by atoms with Crippen LogP contribution in [0.2, 0.25) is 0 Å². The zero-order valence-corrected chi connectivity index (χ0v) is 18.6. The van der Waals surface area contributed by atoms with Crippen molar-refractivity contribution in [1.82, 2.24) is 15.5 Å². The Labute approximate surface area is 188 Å². The lowest BCUT2D eigenvalue weighted by atomic mass is 9.82. The van der Waals surface area contributed by atoms with Gasteiger partial charge >= 0.3 is 5.97 Å². The van der Waals surface area contributed by atoms with E-state index in [1.165, 1.54) is 7.11 Å². The van der Waals surface area contributed by atoms with Crippen LogP contribution in [0.1, 0.15) is 49.7 Å². The van der Waals surface area contributed by atoms with Gasteiger partial charge in [-0.1, -0.05) is 43.5 Å². The van der Waals surface area contributed by atoms with E-state index >= 15 is 0 Å². The van der Waals surface area contributed by atoms with Crippen LogP contribution in [0.4, 0.5) is 0 Å². The van der Waals surface area contributed by atoms with E-state index < -0.39 is 18.1 Å². The first-order valence-corrected chi connectivity index (χ1v) is 11.2. The second kappa shape index (κ2) is 11.1. The maximum absolute atomic E-state index is 13.3. The van der Waals surface area contributed by atoms with Gasteiger partial charge in [-0.3, -0.25) is 25.1 Å². The monoisotopic (exact) mass is 443 g/mol. The number of nitrogens with one attached hydrogen (secondary N) is 3. The summed E-state index contributed by atoms with van der Waals surface area (Å²) in [7, 11) is 1.32. The fourth-order valence-electron chi connectivity index (χ4n) is 4.40. The molecule has 0 unspecified atom stereocenters. The van der Waals surface area contributed by atoms with Gasteiger partial charge in [0.2, 0.25) is 11.8 Å². The van der Waals surface area contributed by atoms with Gasteiger partial charge in [0.25, 0.3) is 0 Å². The summed E-state index contributed by atoms with van der Waals surface area (Å²) in [6, 6.07) is 6.14. The van der Waals surface area contributed by atoms with Gasteiger partial charge in [0.15, 0.2) is 0 Å². The number of likely N-dealkylation sites (tertiary alicyclic amines) is 1. The first-order chi connectivity index (χ1) is 15.4. The Bertz CT molecular complexity index is 835. The summed E-state index contributed by atoms with van der Waals surface area (Å²) in [5.74, 6) is -0.552. The Balaban J connectivity index is 1.58. The molecule has 1 aliphatic carbocycles. The molecule has 1 saturated heterocycles. The van der Waals surface area contributed by atoms with Crippen molar-refractivity contribution < 1.29 is 19.1 Å². The first-order valence-electron chi connectivity index (χ1n) is 11.2. The molecule has 32 heavy (non-hydrogen) atoms. The van der Waals surface area contributed by atoms with Crippen LogP contribution in [0, 0.1) is 11.3 Å². The van der Waals surface area contributed by atoms with Crippen LogP contribution in [0.25, 0.3) is 0 Å². The lowest BCUT2D eigenvalue weighted by Gasteiger charge is -2.43. The van der Waals surface area contributed by atoms with Crippen molar-refractivity contribution in [2.75, 3.05) is 20.2 Å². The Kier molecular flexibility index (Phi) is 8.21. The van der Waals surface area contributed by atoms with Crippen molar-refractivity contribution in [2.24, 2.45) is 11.7 Å². The average Bonchev–Trinajstić information content (AvgIpc) is 2.77. The Hall–Kier alpha value is -2.94. The van der Waals surface area contributed by atoms with Crippen molar-refractivity contribution in [1.29, 1.82) is 5.41 Å². The largest absolute Gasteiger partial charge is 0.468 e. The summed E-state index contributed by atoms with van der Waals surface area (Å²) < 4.78 is 4.71. The van der Waals surface area contributed by atoms with Crippen LogP contribution < -0.4 is 16.4 Å². The number of hydrogen-bond donors (Lipinski definition) is 4. The number of ether oxygens (including phenoxy) is 1. The molecule has 3 rings (SSSR count). The van der Waals surface area contributed by atoms with Gasteiger partial charge in [-0.25, -0.2) is 0 Å². The van der Waals surface area contributed by atoms with Gasteiger partial charge in [-0.15, -0.1) is 0 Å². The maximum Gasteiger partial charge on any atom is 0.319 e. The molecular formula is C23H33N5O4. The average molecular weight is 444 g/mol. The Morgan fingerprint density at radius 2 is 1.84 bits per heavy atom. The fourth-order valence-corrected chi connectivity index (χ4v) is 4.40. The summed E-state index contributed by atoms with van der Waals surface area (Å²) in [5.41, 5.74) is 6.98. The topological polar surface area (TPSA) is 138 Å².